The van der Waals surface area contributed by atoms with E-state index >= 15 is 0 Å². The lowest BCUT2D eigenvalue weighted by atomic mass is 9.94. The van der Waals surface area contributed by atoms with Crippen LogP contribution in [0.1, 0.15) is 64.0 Å². The number of pyridine rings is 1. The number of aryl methyl sites for hydroxylation is 1. The molecule has 0 amide bonds. The molecular weight excluding hydrogens is 220 g/mol. The maximum absolute atomic E-state index is 4.46. The van der Waals surface area contributed by atoms with Crippen molar-refractivity contribution in [3.8, 4) is 0 Å². The van der Waals surface area contributed by atoms with Crippen LogP contribution in [0.3, 0.4) is 0 Å². The molecular formula is C16H26N2. The first-order valence-electron chi connectivity index (χ1n) is 7.34. The molecule has 0 spiro atoms. The molecule has 0 radical (unpaired) electrons. The Morgan fingerprint density at radius 2 is 1.83 bits per heavy atom. The summed E-state index contributed by atoms with van der Waals surface area (Å²) in [6.45, 7) is 10.3. The monoisotopic (exact) mass is 246 g/mol. The van der Waals surface area contributed by atoms with Gasteiger partial charge in [-0.05, 0) is 50.2 Å². The summed E-state index contributed by atoms with van der Waals surface area (Å²) in [5.41, 5.74) is 4.35. The van der Waals surface area contributed by atoms with Gasteiger partial charge in [-0.3, -0.25) is 4.98 Å². The van der Waals surface area contributed by atoms with Crippen LogP contribution in [0.2, 0.25) is 0 Å². The Morgan fingerprint density at radius 3 is 2.50 bits per heavy atom. The van der Waals surface area contributed by atoms with Crippen LogP contribution in [0.15, 0.2) is 12.4 Å². The average molecular weight is 246 g/mol. The van der Waals surface area contributed by atoms with Gasteiger partial charge < -0.3 is 4.90 Å². The zero-order valence-electron chi connectivity index (χ0n) is 12.2. The number of aromatic nitrogens is 1. The summed E-state index contributed by atoms with van der Waals surface area (Å²) in [6, 6.07) is 0.571. The molecule has 2 heterocycles. The fourth-order valence-electron chi connectivity index (χ4n) is 2.87. The first kappa shape index (κ1) is 13.4. The smallest absolute Gasteiger partial charge is 0.0467 e. The predicted octanol–water partition coefficient (Wildman–Crippen LogP) is 4.15. The number of hydrogen-bond donors (Lipinski definition) is 0. The highest BCUT2D eigenvalue weighted by Crippen LogP contribution is 2.34. The second-order valence-corrected chi connectivity index (χ2v) is 5.99. The summed E-state index contributed by atoms with van der Waals surface area (Å²) in [4.78, 5) is 7.05. The first-order valence-corrected chi connectivity index (χ1v) is 7.34. The van der Waals surface area contributed by atoms with Crippen molar-refractivity contribution < 1.29 is 0 Å². The SMILES string of the molecule is CC(C)c1cncc2c1N(C(C)C)CCCCC2. The molecule has 1 aliphatic rings. The van der Waals surface area contributed by atoms with E-state index in [-0.39, 0.29) is 0 Å². The molecule has 0 fully saturated rings. The van der Waals surface area contributed by atoms with E-state index in [4.69, 9.17) is 0 Å². The predicted molar refractivity (Wildman–Crippen MR) is 78.4 cm³/mol. The highest BCUT2D eigenvalue weighted by atomic mass is 15.2. The van der Waals surface area contributed by atoms with E-state index in [2.05, 4.69) is 50.0 Å². The van der Waals surface area contributed by atoms with E-state index in [1.165, 1.54) is 49.0 Å². The third kappa shape index (κ3) is 2.68. The molecule has 0 aromatic carbocycles. The van der Waals surface area contributed by atoms with Gasteiger partial charge in [0.05, 0.1) is 0 Å². The fraction of sp³-hybridized carbons (Fsp3) is 0.688. The Hall–Kier alpha value is -1.05. The van der Waals surface area contributed by atoms with Crippen molar-refractivity contribution in [2.75, 3.05) is 11.4 Å². The lowest BCUT2D eigenvalue weighted by Gasteiger charge is -2.35. The number of fused-ring (bicyclic) bond motifs is 1. The van der Waals surface area contributed by atoms with Crippen molar-refractivity contribution in [2.45, 2.75) is 65.3 Å². The molecule has 1 aromatic heterocycles. The van der Waals surface area contributed by atoms with E-state index in [0.29, 0.717) is 12.0 Å². The molecule has 0 saturated heterocycles. The van der Waals surface area contributed by atoms with Crippen LogP contribution in [0.5, 0.6) is 0 Å². The summed E-state index contributed by atoms with van der Waals surface area (Å²) in [5, 5.41) is 0. The topological polar surface area (TPSA) is 16.1 Å². The lowest BCUT2D eigenvalue weighted by molar-refractivity contribution is 0.588. The second-order valence-electron chi connectivity index (χ2n) is 5.99. The highest BCUT2D eigenvalue weighted by molar-refractivity contribution is 5.60. The maximum atomic E-state index is 4.46. The Morgan fingerprint density at radius 1 is 1.06 bits per heavy atom. The van der Waals surface area contributed by atoms with Crippen molar-refractivity contribution in [2.24, 2.45) is 0 Å². The normalized spacial score (nSPS) is 16.7. The van der Waals surface area contributed by atoms with Gasteiger partial charge in [-0.1, -0.05) is 20.3 Å². The summed E-state index contributed by atoms with van der Waals surface area (Å²) < 4.78 is 0. The van der Waals surface area contributed by atoms with Crippen LogP contribution in [-0.2, 0) is 6.42 Å². The van der Waals surface area contributed by atoms with Crippen molar-refractivity contribution in [1.82, 2.24) is 4.98 Å². The molecule has 2 nitrogen and oxygen atoms in total. The molecule has 1 aromatic rings. The van der Waals surface area contributed by atoms with Crippen molar-refractivity contribution in [1.29, 1.82) is 0 Å². The van der Waals surface area contributed by atoms with E-state index in [1.807, 2.05) is 0 Å². The molecule has 0 atom stereocenters. The van der Waals surface area contributed by atoms with E-state index in [1.54, 1.807) is 0 Å². The lowest BCUT2D eigenvalue weighted by Crippen LogP contribution is -2.34. The van der Waals surface area contributed by atoms with Gasteiger partial charge in [0, 0.05) is 30.7 Å². The molecule has 100 valence electrons. The third-order valence-electron chi connectivity index (χ3n) is 3.90. The van der Waals surface area contributed by atoms with Gasteiger partial charge in [0.2, 0.25) is 0 Å². The van der Waals surface area contributed by atoms with Gasteiger partial charge in [0.25, 0.3) is 0 Å². The molecule has 1 aliphatic heterocycles. The van der Waals surface area contributed by atoms with Gasteiger partial charge in [0.1, 0.15) is 0 Å². The number of nitrogens with zero attached hydrogens (tertiary/aromatic N) is 2. The molecule has 0 bridgehead atoms. The van der Waals surface area contributed by atoms with Crippen molar-refractivity contribution in [3.05, 3.63) is 23.5 Å². The number of anilines is 1. The van der Waals surface area contributed by atoms with Crippen LogP contribution in [0.25, 0.3) is 0 Å². The minimum Gasteiger partial charge on any atom is -0.369 e. The molecule has 18 heavy (non-hydrogen) atoms. The molecule has 0 aliphatic carbocycles. The van der Waals surface area contributed by atoms with Crippen LogP contribution in [0.4, 0.5) is 5.69 Å². The Labute approximate surface area is 111 Å². The minimum atomic E-state index is 0.549. The molecule has 2 rings (SSSR count). The largest absolute Gasteiger partial charge is 0.369 e. The minimum absolute atomic E-state index is 0.549. The molecule has 2 heteroatoms. The van der Waals surface area contributed by atoms with Crippen LogP contribution in [-0.4, -0.2) is 17.6 Å². The Balaban J connectivity index is 2.51. The quantitative estimate of drug-likeness (QED) is 0.779. The molecule has 0 saturated carbocycles. The second kappa shape index (κ2) is 5.73. The highest BCUT2D eigenvalue weighted by Gasteiger charge is 2.21. The maximum Gasteiger partial charge on any atom is 0.0467 e. The van der Waals surface area contributed by atoms with E-state index < -0.39 is 0 Å². The fourth-order valence-corrected chi connectivity index (χ4v) is 2.87. The molecule has 0 N–H and O–H groups in total. The van der Waals surface area contributed by atoms with Crippen LogP contribution < -0.4 is 4.90 Å². The van der Waals surface area contributed by atoms with Crippen molar-refractivity contribution in [3.63, 3.8) is 0 Å². The zero-order chi connectivity index (χ0) is 13.1. The van der Waals surface area contributed by atoms with Crippen LogP contribution >= 0.6 is 0 Å². The summed E-state index contributed by atoms with van der Waals surface area (Å²) in [6.07, 6.45) is 9.31. The first-order chi connectivity index (χ1) is 8.61. The van der Waals surface area contributed by atoms with Gasteiger partial charge in [-0.2, -0.15) is 0 Å². The summed E-state index contributed by atoms with van der Waals surface area (Å²) in [7, 11) is 0. The van der Waals surface area contributed by atoms with Crippen molar-refractivity contribution >= 4 is 5.69 Å². The number of hydrogen-bond acceptors (Lipinski definition) is 2. The molecule has 0 unspecified atom stereocenters. The van der Waals surface area contributed by atoms with Crippen LogP contribution in [0, 0.1) is 0 Å². The zero-order valence-corrected chi connectivity index (χ0v) is 12.2. The number of rotatable bonds is 2. The van der Waals surface area contributed by atoms with Gasteiger partial charge in [-0.25, -0.2) is 0 Å². The van der Waals surface area contributed by atoms with Gasteiger partial charge in [-0.15, -0.1) is 0 Å². The standard InChI is InChI=1S/C16H26N2/c1-12(2)15-11-17-10-14-8-6-5-7-9-18(13(3)4)16(14)15/h10-13H,5-9H2,1-4H3. The third-order valence-corrected chi connectivity index (χ3v) is 3.90. The Kier molecular flexibility index (Phi) is 4.26. The Bertz CT molecular complexity index is 396. The van der Waals surface area contributed by atoms with Gasteiger partial charge >= 0.3 is 0 Å². The summed E-state index contributed by atoms with van der Waals surface area (Å²) in [5.74, 6) is 0.549. The van der Waals surface area contributed by atoms with Gasteiger partial charge in [0.15, 0.2) is 0 Å². The summed E-state index contributed by atoms with van der Waals surface area (Å²) >= 11 is 0. The average Bonchev–Trinajstić information content (AvgIpc) is 2.28. The van der Waals surface area contributed by atoms with E-state index in [0.717, 1.165) is 0 Å². The van der Waals surface area contributed by atoms with E-state index in [9.17, 15) is 0 Å².